The van der Waals surface area contributed by atoms with E-state index in [1.807, 2.05) is 6.92 Å². The molecule has 0 aromatic heterocycles. The third-order valence-electron chi connectivity index (χ3n) is 1.75. The van der Waals surface area contributed by atoms with Gasteiger partial charge >= 0.3 is 0 Å². The maximum Gasteiger partial charge on any atom is 0.287 e. The topological polar surface area (TPSA) is 29.1 Å². The highest BCUT2D eigenvalue weighted by Gasteiger charge is 2.21. The second-order valence-electron chi connectivity index (χ2n) is 3.02. The molecule has 0 rings (SSSR count). The van der Waals surface area contributed by atoms with Crippen LogP contribution in [0.4, 0.5) is 13.2 Å². The van der Waals surface area contributed by atoms with Crippen molar-refractivity contribution in [2.45, 2.75) is 39.4 Å². The molecule has 0 radical (unpaired) electrons. The van der Waals surface area contributed by atoms with Crippen LogP contribution in [0.1, 0.15) is 26.7 Å². The Kier molecular flexibility index (Phi) is 5.50. The van der Waals surface area contributed by atoms with Gasteiger partial charge in [0.05, 0.1) is 0 Å². The fourth-order valence-electron chi connectivity index (χ4n) is 0.737. The Morgan fingerprint density at radius 2 is 1.92 bits per heavy atom. The second kappa shape index (κ2) is 5.83. The SMILES string of the molecule is CCC(C)CC(=O)NC(F)C(F)F. The number of alkyl halides is 3. The van der Waals surface area contributed by atoms with Gasteiger partial charge in [-0.3, -0.25) is 4.79 Å². The van der Waals surface area contributed by atoms with E-state index in [4.69, 9.17) is 0 Å². The van der Waals surface area contributed by atoms with Crippen molar-refractivity contribution in [2.24, 2.45) is 5.92 Å². The molecule has 0 aromatic rings. The van der Waals surface area contributed by atoms with Crippen molar-refractivity contribution in [1.29, 1.82) is 0 Å². The second-order valence-corrected chi connectivity index (χ2v) is 3.02. The van der Waals surface area contributed by atoms with E-state index in [0.29, 0.717) is 0 Å². The van der Waals surface area contributed by atoms with Crippen LogP contribution < -0.4 is 5.32 Å². The Morgan fingerprint density at radius 3 is 2.31 bits per heavy atom. The quantitative estimate of drug-likeness (QED) is 0.672. The van der Waals surface area contributed by atoms with Crippen molar-refractivity contribution in [2.75, 3.05) is 0 Å². The fraction of sp³-hybridized carbons (Fsp3) is 0.875. The Hall–Kier alpha value is -0.740. The Labute approximate surface area is 75.5 Å². The number of carbonyl (C=O) groups is 1. The summed E-state index contributed by atoms with van der Waals surface area (Å²) in [5, 5.41) is 1.59. The number of nitrogens with one attached hydrogen (secondary N) is 1. The Bertz CT molecular complexity index is 163. The molecule has 0 saturated heterocycles. The summed E-state index contributed by atoms with van der Waals surface area (Å²) in [4.78, 5) is 10.8. The number of hydrogen-bond acceptors (Lipinski definition) is 1. The number of amides is 1. The summed E-state index contributed by atoms with van der Waals surface area (Å²) in [6.45, 7) is 3.67. The van der Waals surface area contributed by atoms with Gasteiger partial charge in [0.15, 0.2) is 0 Å². The molecule has 0 spiro atoms. The van der Waals surface area contributed by atoms with E-state index < -0.39 is 18.6 Å². The van der Waals surface area contributed by atoms with Crippen molar-refractivity contribution in [3.8, 4) is 0 Å². The van der Waals surface area contributed by atoms with Gasteiger partial charge in [-0.2, -0.15) is 0 Å². The van der Waals surface area contributed by atoms with Crippen LogP contribution in [0.5, 0.6) is 0 Å². The highest BCUT2D eigenvalue weighted by atomic mass is 19.3. The van der Waals surface area contributed by atoms with E-state index in [0.717, 1.165) is 6.42 Å². The molecule has 0 aliphatic rings. The lowest BCUT2D eigenvalue weighted by Crippen LogP contribution is -2.37. The maximum atomic E-state index is 12.2. The predicted octanol–water partition coefficient (Wildman–Crippen LogP) is 2.10. The molecule has 5 heteroatoms. The first-order valence-corrected chi connectivity index (χ1v) is 4.19. The van der Waals surface area contributed by atoms with Gasteiger partial charge in [-0.1, -0.05) is 20.3 Å². The standard InChI is InChI=1S/C8H14F3NO/c1-3-5(2)4-6(13)12-8(11)7(9)10/h5,7-8H,3-4H2,1-2H3,(H,12,13). The minimum Gasteiger partial charge on any atom is -0.322 e. The lowest BCUT2D eigenvalue weighted by atomic mass is 10.1. The van der Waals surface area contributed by atoms with Gasteiger partial charge < -0.3 is 5.32 Å². The zero-order valence-corrected chi connectivity index (χ0v) is 7.69. The van der Waals surface area contributed by atoms with Gasteiger partial charge in [-0.15, -0.1) is 0 Å². The monoisotopic (exact) mass is 197 g/mol. The van der Waals surface area contributed by atoms with E-state index in [9.17, 15) is 18.0 Å². The summed E-state index contributed by atoms with van der Waals surface area (Å²) in [6.07, 6.45) is -4.85. The third kappa shape index (κ3) is 5.49. The zero-order valence-electron chi connectivity index (χ0n) is 7.69. The predicted molar refractivity (Wildman–Crippen MR) is 43.1 cm³/mol. The van der Waals surface area contributed by atoms with Crippen molar-refractivity contribution >= 4 is 5.91 Å². The number of hydrogen-bond donors (Lipinski definition) is 1. The van der Waals surface area contributed by atoms with Crippen LogP contribution in [0.2, 0.25) is 0 Å². The van der Waals surface area contributed by atoms with Crippen LogP contribution in [0.3, 0.4) is 0 Å². The highest BCUT2D eigenvalue weighted by Crippen LogP contribution is 2.07. The molecule has 2 atom stereocenters. The summed E-state index contributed by atoms with van der Waals surface area (Å²) < 4.78 is 35.5. The number of rotatable bonds is 5. The van der Waals surface area contributed by atoms with Crippen LogP contribution in [0.25, 0.3) is 0 Å². The Balaban J connectivity index is 3.74. The Morgan fingerprint density at radius 1 is 1.38 bits per heavy atom. The molecule has 1 N–H and O–H groups in total. The molecule has 78 valence electrons. The van der Waals surface area contributed by atoms with Gasteiger partial charge in [0.2, 0.25) is 12.2 Å². The molecule has 13 heavy (non-hydrogen) atoms. The summed E-state index contributed by atoms with van der Waals surface area (Å²) in [5.41, 5.74) is 0. The van der Waals surface area contributed by atoms with Crippen LogP contribution >= 0.6 is 0 Å². The summed E-state index contributed by atoms with van der Waals surface area (Å²) in [6, 6.07) is 0. The van der Waals surface area contributed by atoms with Gasteiger partial charge in [-0.25, -0.2) is 13.2 Å². The summed E-state index contributed by atoms with van der Waals surface area (Å²) >= 11 is 0. The van der Waals surface area contributed by atoms with Gasteiger partial charge in [0.25, 0.3) is 6.43 Å². The molecule has 0 aromatic carbocycles. The average molecular weight is 197 g/mol. The van der Waals surface area contributed by atoms with Gasteiger partial charge in [0.1, 0.15) is 0 Å². The molecule has 1 amide bonds. The van der Waals surface area contributed by atoms with E-state index >= 15 is 0 Å². The molecule has 2 unspecified atom stereocenters. The first-order chi connectivity index (χ1) is 5.97. The van der Waals surface area contributed by atoms with Crippen LogP contribution in [0, 0.1) is 5.92 Å². The first kappa shape index (κ1) is 12.3. The van der Waals surface area contributed by atoms with Gasteiger partial charge in [0, 0.05) is 6.42 Å². The minimum absolute atomic E-state index is 0.0869. The van der Waals surface area contributed by atoms with E-state index in [2.05, 4.69) is 0 Å². The zero-order chi connectivity index (χ0) is 10.4. The fourth-order valence-corrected chi connectivity index (χ4v) is 0.737. The lowest BCUT2D eigenvalue weighted by molar-refractivity contribution is -0.126. The molecule has 0 bridgehead atoms. The first-order valence-electron chi connectivity index (χ1n) is 4.19. The smallest absolute Gasteiger partial charge is 0.287 e. The van der Waals surface area contributed by atoms with Crippen molar-refractivity contribution in [1.82, 2.24) is 5.32 Å². The molecular formula is C8H14F3NO. The minimum atomic E-state index is -3.15. The molecule has 0 saturated carbocycles. The normalized spacial score (nSPS) is 15.5. The third-order valence-corrected chi connectivity index (χ3v) is 1.75. The van der Waals surface area contributed by atoms with Crippen molar-refractivity contribution < 1.29 is 18.0 Å². The molecule has 0 heterocycles. The summed E-state index contributed by atoms with van der Waals surface area (Å²) in [7, 11) is 0. The average Bonchev–Trinajstić information content (AvgIpc) is 2.03. The molecule has 0 aliphatic carbocycles. The van der Waals surface area contributed by atoms with Crippen LogP contribution in [0.15, 0.2) is 0 Å². The van der Waals surface area contributed by atoms with Crippen LogP contribution in [-0.2, 0) is 4.79 Å². The van der Waals surface area contributed by atoms with Crippen molar-refractivity contribution in [3.05, 3.63) is 0 Å². The largest absolute Gasteiger partial charge is 0.322 e. The highest BCUT2D eigenvalue weighted by molar-refractivity contribution is 5.76. The van der Waals surface area contributed by atoms with E-state index in [1.165, 1.54) is 0 Å². The molecular weight excluding hydrogens is 183 g/mol. The van der Waals surface area contributed by atoms with E-state index in [1.54, 1.807) is 12.2 Å². The van der Waals surface area contributed by atoms with Crippen LogP contribution in [-0.4, -0.2) is 18.6 Å². The molecule has 0 fully saturated rings. The summed E-state index contributed by atoms with van der Waals surface area (Å²) in [5.74, 6) is -0.577. The maximum absolute atomic E-state index is 12.2. The number of halogens is 3. The number of carbonyl (C=O) groups excluding carboxylic acids is 1. The lowest BCUT2D eigenvalue weighted by Gasteiger charge is -2.11. The van der Waals surface area contributed by atoms with E-state index in [-0.39, 0.29) is 12.3 Å². The van der Waals surface area contributed by atoms with Crippen molar-refractivity contribution in [3.63, 3.8) is 0 Å². The molecule has 0 aliphatic heterocycles. The van der Waals surface area contributed by atoms with Gasteiger partial charge in [-0.05, 0) is 5.92 Å². The molecule has 2 nitrogen and oxygen atoms in total.